The minimum absolute atomic E-state index is 0.261. The number of rotatable bonds is 5. The van der Waals surface area contributed by atoms with Crippen LogP contribution >= 0.6 is 11.6 Å². The third-order valence-corrected chi connectivity index (χ3v) is 2.53. The summed E-state index contributed by atoms with van der Waals surface area (Å²) < 4.78 is 15.6. The van der Waals surface area contributed by atoms with Crippen molar-refractivity contribution in [2.45, 2.75) is 5.97 Å². The second-order valence-electron chi connectivity index (χ2n) is 2.95. The molecule has 0 spiro atoms. The molecule has 0 aliphatic rings. The Labute approximate surface area is 99.7 Å². The molecule has 1 aromatic rings. The van der Waals surface area contributed by atoms with E-state index in [2.05, 4.69) is 10.3 Å². The lowest BCUT2D eigenvalue weighted by atomic mass is 10.2. The molecule has 0 aliphatic heterocycles. The molecule has 0 radical (unpaired) electrons. The van der Waals surface area contributed by atoms with Gasteiger partial charge >= 0.3 is 5.97 Å². The Kier molecular flexibility index (Phi) is 4.49. The van der Waals surface area contributed by atoms with Crippen molar-refractivity contribution in [3.8, 4) is 0 Å². The number of pyridine rings is 1. The summed E-state index contributed by atoms with van der Waals surface area (Å²) in [4.78, 5) is 4.12. The Morgan fingerprint density at radius 1 is 1.19 bits per heavy atom. The first-order valence-corrected chi connectivity index (χ1v) is 5.01. The van der Waals surface area contributed by atoms with E-state index in [4.69, 9.17) is 25.8 Å². The second-order valence-corrected chi connectivity index (χ2v) is 3.31. The van der Waals surface area contributed by atoms with E-state index in [1.54, 1.807) is 19.2 Å². The zero-order chi connectivity index (χ0) is 12.2. The van der Waals surface area contributed by atoms with Crippen molar-refractivity contribution in [3.63, 3.8) is 0 Å². The Balaban J connectivity index is 3.20. The van der Waals surface area contributed by atoms with Gasteiger partial charge in [0.1, 0.15) is 11.0 Å². The second kappa shape index (κ2) is 5.45. The zero-order valence-corrected chi connectivity index (χ0v) is 10.5. The summed E-state index contributed by atoms with van der Waals surface area (Å²) in [5, 5.41) is 3.14. The number of anilines is 1. The fourth-order valence-corrected chi connectivity index (χ4v) is 1.65. The maximum absolute atomic E-state index is 6.04. The van der Waals surface area contributed by atoms with Gasteiger partial charge in [0, 0.05) is 28.4 Å². The van der Waals surface area contributed by atoms with E-state index >= 15 is 0 Å². The van der Waals surface area contributed by atoms with Crippen LogP contribution in [0.25, 0.3) is 0 Å². The van der Waals surface area contributed by atoms with Crippen LogP contribution in [-0.4, -0.2) is 33.4 Å². The third-order valence-electron chi connectivity index (χ3n) is 2.24. The lowest BCUT2D eigenvalue weighted by molar-refractivity contribution is -0.364. The summed E-state index contributed by atoms with van der Waals surface area (Å²) in [5.74, 6) is -0.665. The van der Waals surface area contributed by atoms with E-state index in [-0.39, 0.29) is 5.15 Å². The number of halogens is 1. The van der Waals surface area contributed by atoms with Gasteiger partial charge in [0.05, 0.1) is 5.56 Å². The Bertz CT molecular complexity index is 348. The first-order chi connectivity index (χ1) is 7.63. The summed E-state index contributed by atoms with van der Waals surface area (Å²) >= 11 is 6.04. The number of nitrogens with one attached hydrogen (secondary N) is 1. The van der Waals surface area contributed by atoms with Crippen LogP contribution in [0.1, 0.15) is 5.56 Å². The van der Waals surface area contributed by atoms with Crippen molar-refractivity contribution >= 4 is 17.4 Å². The minimum atomic E-state index is -1.32. The number of ether oxygens (including phenoxy) is 3. The first-order valence-electron chi connectivity index (χ1n) is 4.63. The molecule has 0 atom stereocenters. The zero-order valence-electron chi connectivity index (χ0n) is 9.70. The first kappa shape index (κ1) is 13.2. The third kappa shape index (κ3) is 2.27. The van der Waals surface area contributed by atoms with Crippen LogP contribution in [0, 0.1) is 0 Å². The van der Waals surface area contributed by atoms with Crippen LogP contribution in [0.15, 0.2) is 12.1 Å². The number of nitrogens with zero attached hydrogens (tertiary/aromatic N) is 1. The lowest BCUT2D eigenvalue weighted by Gasteiger charge is -2.29. The maximum atomic E-state index is 6.04. The van der Waals surface area contributed by atoms with Gasteiger partial charge in [-0.1, -0.05) is 11.6 Å². The molecule has 1 heterocycles. The maximum Gasteiger partial charge on any atom is 0.314 e. The standard InChI is InChI=1S/C10H15ClN2O3/c1-12-8-6-5-7(9(11)13-8)10(14-2,15-3)16-4/h5-6H,1-4H3,(H,12,13). The van der Waals surface area contributed by atoms with Crippen molar-refractivity contribution < 1.29 is 14.2 Å². The smallest absolute Gasteiger partial charge is 0.314 e. The normalized spacial score (nSPS) is 11.6. The fourth-order valence-electron chi connectivity index (χ4n) is 1.38. The molecular weight excluding hydrogens is 232 g/mol. The molecule has 0 fully saturated rings. The minimum Gasteiger partial charge on any atom is -0.373 e. The van der Waals surface area contributed by atoms with Crippen LogP contribution in [0.4, 0.5) is 5.82 Å². The molecule has 1 aromatic heterocycles. The summed E-state index contributed by atoms with van der Waals surface area (Å²) in [6, 6.07) is 3.49. The Morgan fingerprint density at radius 2 is 1.75 bits per heavy atom. The molecular formula is C10H15ClN2O3. The van der Waals surface area contributed by atoms with E-state index in [0.717, 1.165) is 0 Å². The van der Waals surface area contributed by atoms with Crippen molar-refractivity contribution in [1.29, 1.82) is 0 Å². The van der Waals surface area contributed by atoms with Gasteiger partial charge in [-0.25, -0.2) is 4.98 Å². The van der Waals surface area contributed by atoms with Crippen molar-refractivity contribution in [2.75, 3.05) is 33.7 Å². The Morgan fingerprint density at radius 3 is 2.12 bits per heavy atom. The predicted octanol–water partition coefficient (Wildman–Crippen LogP) is 1.83. The molecule has 5 nitrogen and oxygen atoms in total. The quantitative estimate of drug-likeness (QED) is 0.635. The van der Waals surface area contributed by atoms with Crippen LogP contribution < -0.4 is 5.32 Å². The Hall–Kier alpha value is -0.880. The molecule has 90 valence electrons. The van der Waals surface area contributed by atoms with Gasteiger partial charge in [0.25, 0.3) is 0 Å². The highest BCUT2D eigenvalue weighted by molar-refractivity contribution is 6.30. The molecule has 1 rings (SSSR count). The van der Waals surface area contributed by atoms with E-state index < -0.39 is 5.97 Å². The monoisotopic (exact) mass is 246 g/mol. The molecule has 0 saturated heterocycles. The highest BCUT2D eigenvalue weighted by Crippen LogP contribution is 2.32. The number of aromatic nitrogens is 1. The highest BCUT2D eigenvalue weighted by Gasteiger charge is 2.35. The molecule has 0 bridgehead atoms. The van der Waals surface area contributed by atoms with Gasteiger partial charge in [0.2, 0.25) is 0 Å². The molecule has 1 N–H and O–H groups in total. The highest BCUT2D eigenvalue weighted by atomic mass is 35.5. The van der Waals surface area contributed by atoms with Gasteiger partial charge in [-0.2, -0.15) is 0 Å². The topological polar surface area (TPSA) is 52.6 Å². The van der Waals surface area contributed by atoms with Gasteiger partial charge < -0.3 is 19.5 Å². The van der Waals surface area contributed by atoms with Crippen molar-refractivity contribution in [1.82, 2.24) is 4.98 Å². The van der Waals surface area contributed by atoms with E-state index in [9.17, 15) is 0 Å². The van der Waals surface area contributed by atoms with Crippen molar-refractivity contribution in [2.24, 2.45) is 0 Å². The van der Waals surface area contributed by atoms with Crippen LogP contribution in [0.3, 0.4) is 0 Å². The van der Waals surface area contributed by atoms with Gasteiger partial charge in [-0.3, -0.25) is 0 Å². The number of methoxy groups -OCH3 is 3. The average Bonchev–Trinajstić information content (AvgIpc) is 2.33. The summed E-state index contributed by atoms with van der Waals surface area (Å²) in [5.41, 5.74) is 0.515. The summed E-state index contributed by atoms with van der Waals surface area (Å²) in [7, 11) is 6.16. The molecule has 16 heavy (non-hydrogen) atoms. The lowest BCUT2D eigenvalue weighted by Crippen LogP contribution is -2.33. The number of hydrogen-bond donors (Lipinski definition) is 1. The van der Waals surface area contributed by atoms with Crippen molar-refractivity contribution in [3.05, 3.63) is 22.8 Å². The molecule has 0 aromatic carbocycles. The van der Waals surface area contributed by atoms with Crippen LogP contribution in [0.2, 0.25) is 5.15 Å². The molecule has 0 amide bonds. The fraction of sp³-hybridized carbons (Fsp3) is 0.500. The number of hydrogen-bond acceptors (Lipinski definition) is 5. The molecule has 6 heteroatoms. The van der Waals surface area contributed by atoms with E-state index in [1.165, 1.54) is 21.3 Å². The SMILES string of the molecule is CNc1ccc(C(OC)(OC)OC)c(Cl)n1. The molecule has 0 unspecified atom stereocenters. The van der Waals surface area contributed by atoms with Gasteiger partial charge in [0.15, 0.2) is 0 Å². The van der Waals surface area contributed by atoms with Gasteiger partial charge in [-0.05, 0) is 12.1 Å². The summed E-state index contributed by atoms with van der Waals surface area (Å²) in [6.45, 7) is 0. The molecule has 0 saturated carbocycles. The average molecular weight is 247 g/mol. The van der Waals surface area contributed by atoms with Crippen LogP contribution in [-0.2, 0) is 20.2 Å². The largest absolute Gasteiger partial charge is 0.373 e. The van der Waals surface area contributed by atoms with E-state index in [1.807, 2.05) is 0 Å². The van der Waals surface area contributed by atoms with E-state index in [0.29, 0.717) is 11.4 Å². The predicted molar refractivity (Wildman–Crippen MR) is 61.5 cm³/mol. The van der Waals surface area contributed by atoms with Crippen LogP contribution in [0.5, 0.6) is 0 Å². The van der Waals surface area contributed by atoms with Gasteiger partial charge in [-0.15, -0.1) is 0 Å². The summed E-state index contributed by atoms with van der Waals surface area (Å²) in [6.07, 6.45) is 0. The molecule has 0 aliphatic carbocycles.